The Kier molecular flexibility index (Phi) is 2.41. The summed E-state index contributed by atoms with van der Waals surface area (Å²) in [5.41, 5.74) is 1.74. The summed E-state index contributed by atoms with van der Waals surface area (Å²) in [7, 11) is 0. The number of aromatic nitrogens is 3. The van der Waals surface area contributed by atoms with Crippen LogP contribution in [-0.2, 0) is 6.42 Å². The first kappa shape index (κ1) is 9.71. The van der Waals surface area contributed by atoms with Crippen LogP contribution in [0.15, 0.2) is 29.1 Å². The van der Waals surface area contributed by atoms with Crippen molar-refractivity contribution in [3.05, 3.63) is 46.0 Å². The van der Waals surface area contributed by atoms with E-state index in [9.17, 15) is 4.79 Å². The van der Waals surface area contributed by atoms with Gasteiger partial charge in [0.15, 0.2) is 5.82 Å². The lowest BCUT2D eigenvalue weighted by Gasteiger charge is -2.02. The summed E-state index contributed by atoms with van der Waals surface area (Å²) in [5, 5.41) is 2.95. The average molecular weight is 203 g/mol. The zero-order valence-electron chi connectivity index (χ0n) is 8.82. The molecule has 0 saturated heterocycles. The van der Waals surface area contributed by atoms with Crippen molar-refractivity contribution in [1.29, 1.82) is 0 Å². The van der Waals surface area contributed by atoms with Crippen molar-refractivity contribution in [3.8, 4) is 5.82 Å². The maximum absolute atomic E-state index is 11.5. The largest absolute Gasteiger partial charge is 0.294 e. The van der Waals surface area contributed by atoms with E-state index in [0.29, 0.717) is 5.82 Å². The first-order valence-electron chi connectivity index (χ1n) is 4.95. The second kappa shape index (κ2) is 3.73. The zero-order chi connectivity index (χ0) is 10.8. The molecule has 0 aliphatic carbocycles. The lowest BCUT2D eigenvalue weighted by atomic mass is 10.3. The van der Waals surface area contributed by atoms with Crippen LogP contribution in [0.5, 0.6) is 0 Å². The molecule has 0 bridgehead atoms. The lowest BCUT2D eigenvalue weighted by Crippen LogP contribution is -2.15. The van der Waals surface area contributed by atoms with Gasteiger partial charge in [-0.2, -0.15) is 0 Å². The zero-order valence-corrected chi connectivity index (χ0v) is 8.82. The van der Waals surface area contributed by atoms with Gasteiger partial charge in [0.1, 0.15) is 0 Å². The van der Waals surface area contributed by atoms with Gasteiger partial charge in [-0.25, -0.2) is 9.67 Å². The number of rotatable bonds is 2. The molecule has 0 radical (unpaired) electrons. The Hall–Kier alpha value is -1.84. The highest BCUT2D eigenvalue weighted by atomic mass is 16.1. The molecular weight excluding hydrogens is 190 g/mol. The van der Waals surface area contributed by atoms with Crippen molar-refractivity contribution in [3.63, 3.8) is 0 Å². The lowest BCUT2D eigenvalue weighted by molar-refractivity contribution is 0.797. The number of aromatic amines is 1. The SMILES string of the molecule is CCc1cccc(-n2[nH]c(C)cc2=O)n1. The maximum Gasteiger partial charge on any atom is 0.272 e. The highest BCUT2D eigenvalue weighted by molar-refractivity contribution is 5.24. The summed E-state index contributed by atoms with van der Waals surface area (Å²) in [5.74, 6) is 0.646. The first-order valence-corrected chi connectivity index (χ1v) is 4.95. The number of H-pyrrole nitrogens is 1. The van der Waals surface area contributed by atoms with E-state index >= 15 is 0 Å². The monoisotopic (exact) mass is 203 g/mol. The van der Waals surface area contributed by atoms with Crippen molar-refractivity contribution in [2.75, 3.05) is 0 Å². The number of nitrogens with one attached hydrogen (secondary N) is 1. The van der Waals surface area contributed by atoms with E-state index in [1.807, 2.05) is 32.0 Å². The molecule has 0 saturated carbocycles. The molecule has 0 fully saturated rings. The predicted molar refractivity (Wildman–Crippen MR) is 58.3 cm³/mol. The second-order valence-corrected chi connectivity index (χ2v) is 3.45. The number of hydrogen-bond acceptors (Lipinski definition) is 2. The molecule has 2 rings (SSSR count). The topological polar surface area (TPSA) is 50.7 Å². The van der Waals surface area contributed by atoms with Crippen LogP contribution in [0.3, 0.4) is 0 Å². The molecule has 4 heteroatoms. The van der Waals surface area contributed by atoms with Crippen LogP contribution in [0.2, 0.25) is 0 Å². The van der Waals surface area contributed by atoms with Gasteiger partial charge in [-0.05, 0) is 25.5 Å². The van der Waals surface area contributed by atoms with Crippen molar-refractivity contribution in [2.24, 2.45) is 0 Å². The molecule has 0 aliphatic heterocycles. The number of nitrogens with zero attached hydrogens (tertiary/aromatic N) is 2. The Morgan fingerprint density at radius 1 is 1.47 bits per heavy atom. The molecule has 2 heterocycles. The molecule has 0 amide bonds. The summed E-state index contributed by atoms with van der Waals surface area (Å²) in [6.45, 7) is 3.89. The molecule has 0 spiro atoms. The average Bonchev–Trinajstić information content (AvgIpc) is 2.58. The van der Waals surface area contributed by atoms with Gasteiger partial charge in [0.2, 0.25) is 0 Å². The van der Waals surface area contributed by atoms with E-state index in [4.69, 9.17) is 0 Å². The standard InChI is InChI=1S/C11H13N3O/c1-3-9-5-4-6-10(12-9)14-11(15)7-8(2)13-14/h4-7,13H,3H2,1-2H3. The van der Waals surface area contributed by atoms with Gasteiger partial charge < -0.3 is 0 Å². The molecule has 2 aromatic rings. The van der Waals surface area contributed by atoms with Gasteiger partial charge >= 0.3 is 0 Å². The van der Waals surface area contributed by atoms with Crippen LogP contribution in [0.4, 0.5) is 0 Å². The van der Waals surface area contributed by atoms with E-state index in [2.05, 4.69) is 10.1 Å². The van der Waals surface area contributed by atoms with Crippen LogP contribution in [-0.4, -0.2) is 14.8 Å². The molecule has 0 atom stereocenters. The van der Waals surface area contributed by atoms with Crippen molar-refractivity contribution in [2.45, 2.75) is 20.3 Å². The van der Waals surface area contributed by atoms with Gasteiger partial charge in [0, 0.05) is 17.5 Å². The van der Waals surface area contributed by atoms with Crippen LogP contribution in [0.25, 0.3) is 5.82 Å². The van der Waals surface area contributed by atoms with E-state index in [-0.39, 0.29) is 5.56 Å². The summed E-state index contributed by atoms with van der Waals surface area (Å²) in [6, 6.07) is 7.23. The molecule has 0 aromatic carbocycles. The van der Waals surface area contributed by atoms with Gasteiger partial charge in [-0.15, -0.1) is 0 Å². The Labute approximate surface area is 87.6 Å². The van der Waals surface area contributed by atoms with Gasteiger partial charge in [0.05, 0.1) is 0 Å². The predicted octanol–water partition coefficient (Wildman–Crippen LogP) is 1.43. The van der Waals surface area contributed by atoms with Crippen molar-refractivity contribution in [1.82, 2.24) is 14.8 Å². The molecule has 1 N–H and O–H groups in total. The smallest absolute Gasteiger partial charge is 0.272 e. The molecule has 2 aromatic heterocycles. The molecule has 4 nitrogen and oxygen atoms in total. The van der Waals surface area contributed by atoms with Crippen molar-refractivity contribution >= 4 is 0 Å². The Balaban J connectivity index is 2.53. The van der Waals surface area contributed by atoms with E-state index in [1.54, 1.807) is 6.07 Å². The quantitative estimate of drug-likeness (QED) is 0.802. The fourth-order valence-electron chi connectivity index (χ4n) is 1.47. The maximum atomic E-state index is 11.5. The molecule has 0 aliphatic rings. The van der Waals surface area contributed by atoms with E-state index in [0.717, 1.165) is 17.8 Å². The van der Waals surface area contributed by atoms with Gasteiger partial charge in [-0.1, -0.05) is 13.0 Å². The molecule has 0 unspecified atom stereocenters. The molecule has 15 heavy (non-hydrogen) atoms. The summed E-state index contributed by atoms with van der Waals surface area (Å²) < 4.78 is 1.45. The fourth-order valence-corrected chi connectivity index (χ4v) is 1.47. The van der Waals surface area contributed by atoms with Crippen molar-refractivity contribution < 1.29 is 0 Å². The van der Waals surface area contributed by atoms with E-state index in [1.165, 1.54) is 4.68 Å². The summed E-state index contributed by atoms with van der Waals surface area (Å²) >= 11 is 0. The number of aryl methyl sites for hydroxylation is 2. The Morgan fingerprint density at radius 2 is 2.27 bits per heavy atom. The van der Waals surface area contributed by atoms with Gasteiger partial charge in [-0.3, -0.25) is 9.89 Å². The third-order valence-corrected chi connectivity index (χ3v) is 2.23. The molecule has 78 valence electrons. The minimum Gasteiger partial charge on any atom is -0.294 e. The van der Waals surface area contributed by atoms with E-state index < -0.39 is 0 Å². The number of hydrogen-bond donors (Lipinski definition) is 1. The summed E-state index contributed by atoms with van der Waals surface area (Å²) in [4.78, 5) is 15.9. The molecular formula is C11H13N3O. The van der Waals surface area contributed by atoms with Crippen LogP contribution in [0, 0.1) is 6.92 Å². The Bertz CT molecular complexity index is 525. The van der Waals surface area contributed by atoms with Gasteiger partial charge in [0.25, 0.3) is 5.56 Å². The third-order valence-electron chi connectivity index (χ3n) is 2.23. The first-order chi connectivity index (χ1) is 7.20. The fraction of sp³-hybridized carbons (Fsp3) is 0.273. The highest BCUT2D eigenvalue weighted by Crippen LogP contribution is 2.03. The summed E-state index contributed by atoms with van der Waals surface area (Å²) in [6.07, 6.45) is 0.863. The second-order valence-electron chi connectivity index (χ2n) is 3.45. The number of pyridine rings is 1. The minimum atomic E-state index is -0.0757. The Morgan fingerprint density at radius 3 is 2.87 bits per heavy atom. The van der Waals surface area contributed by atoms with Crippen LogP contribution >= 0.6 is 0 Å². The highest BCUT2D eigenvalue weighted by Gasteiger charge is 2.03. The minimum absolute atomic E-state index is 0.0757. The van der Waals surface area contributed by atoms with Crippen LogP contribution < -0.4 is 5.56 Å². The van der Waals surface area contributed by atoms with Crippen LogP contribution in [0.1, 0.15) is 18.3 Å². The normalized spacial score (nSPS) is 10.5. The third kappa shape index (κ3) is 1.83.